The molecule has 3 rings (SSSR count). The van der Waals surface area contributed by atoms with Crippen molar-refractivity contribution in [2.75, 3.05) is 6.79 Å². The van der Waals surface area contributed by atoms with Gasteiger partial charge in [0, 0.05) is 17.8 Å². The summed E-state index contributed by atoms with van der Waals surface area (Å²) >= 11 is 1.66. The van der Waals surface area contributed by atoms with Gasteiger partial charge in [0.05, 0.1) is 10.7 Å². The van der Waals surface area contributed by atoms with Gasteiger partial charge in [0.25, 0.3) is 0 Å². The van der Waals surface area contributed by atoms with Gasteiger partial charge in [0.2, 0.25) is 12.7 Å². The lowest BCUT2D eigenvalue weighted by Gasteiger charge is -2.06. The first-order valence-corrected chi connectivity index (χ1v) is 8.01. The van der Waals surface area contributed by atoms with E-state index >= 15 is 0 Å². The highest BCUT2D eigenvalue weighted by Crippen LogP contribution is 2.32. The number of hydrogen-bond acceptors (Lipinski definition) is 5. The largest absolute Gasteiger partial charge is 0.454 e. The lowest BCUT2D eigenvalue weighted by atomic mass is 10.2. The van der Waals surface area contributed by atoms with Crippen molar-refractivity contribution >= 4 is 17.2 Å². The Bertz CT molecular complexity index is 697. The Labute approximate surface area is 133 Å². The van der Waals surface area contributed by atoms with Crippen LogP contribution < -0.4 is 14.8 Å². The Morgan fingerprint density at radius 3 is 2.91 bits per heavy atom. The topological polar surface area (TPSA) is 60.5 Å². The molecule has 0 spiro atoms. The van der Waals surface area contributed by atoms with Crippen molar-refractivity contribution < 1.29 is 14.3 Å². The summed E-state index contributed by atoms with van der Waals surface area (Å²) < 4.78 is 10.6. The van der Waals surface area contributed by atoms with E-state index in [2.05, 4.69) is 10.3 Å². The van der Waals surface area contributed by atoms with E-state index in [1.807, 2.05) is 32.0 Å². The van der Waals surface area contributed by atoms with Crippen LogP contribution in [0.15, 0.2) is 18.2 Å². The Morgan fingerprint density at radius 1 is 1.32 bits per heavy atom. The van der Waals surface area contributed by atoms with E-state index < -0.39 is 0 Å². The Morgan fingerprint density at radius 2 is 2.14 bits per heavy atom. The van der Waals surface area contributed by atoms with Crippen LogP contribution >= 0.6 is 11.3 Å². The average molecular weight is 318 g/mol. The zero-order valence-electron chi connectivity index (χ0n) is 12.6. The van der Waals surface area contributed by atoms with Crippen molar-refractivity contribution in [1.82, 2.24) is 10.3 Å². The number of carbonyl (C=O) groups excluding carboxylic acids is 1. The van der Waals surface area contributed by atoms with Crippen molar-refractivity contribution in [1.29, 1.82) is 0 Å². The molecule has 1 aliphatic heterocycles. The summed E-state index contributed by atoms with van der Waals surface area (Å²) in [4.78, 5) is 17.5. The maximum absolute atomic E-state index is 12.0. The molecule has 2 heterocycles. The maximum atomic E-state index is 12.0. The van der Waals surface area contributed by atoms with Crippen molar-refractivity contribution in [3.8, 4) is 11.5 Å². The number of thiazole rings is 1. The molecule has 0 bridgehead atoms. The number of hydrogen-bond donors (Lipinski definition) is 1. The highest BCUT2D eigenvalue weighted by molar-refractivity contribution is 7.11. The first-order valence-electron chi connectivity index (χ1n) is 7.20. The predicted octanol–water partition coefficient (Wildman–Crippen LogP) is 2.74. The zero-order chi connectivity index (χ0) is 15.5. The molecular weight excluding hydrogens is 300 g/mol. The van der Waals surface area contributed by atoms with E-state index in [-0.39, 0.29) is 12.7 Å². The van der Waals surface area contributed by atoms with Crippen LogP contribution in [0, 0.1) is 13.8 Å². The number of nitrogens with zero attached hydrogens (tertiary/aromatic N) is 1. The number of fused-ring (bicyclic) bond motifs is 1. The fraction of sp³-hybridized carbons (Fsp3) is 0.375. The van der Waals surface area contributed by atoms with Crippen molar-refractivity contribution in [3.63, 3.8) is 0 Å². The molecule has 1 N–H and O–H groups in total. The smallest absolute Gasteiger partial charge is 0.231 e. The number of amides is 1. The predicted molar refractivity (Wildman–Crippen MR) is 84.3 cm³/mol. The van der Waals surface area contributed by atoms with Gasteiger partial charge in [-0.2, -0.15) is 0 Å². The van der Waals surface area contributed by atoms with E-state index in [1.54, 1.807) is 11.3 Å². The molecule has 0 fully saturated rings. The second-order valence-electron chi connectivity index (χ2n) is 5.21. The molecule has 0 saturated carbocycles. The fourth-order valence-corrected chi connectivity index (χ4v) is 3.31. The highest BCUT2D eigenvalue weighted by atomic mass is 32.1. The zero-order valence-corrected chi connectivity index (χ0v) is 13.5. The Hall–Kier alpha value is -2.08. The van der Waals surface area contributed by atoms with E-state index in [9.17, 15) is 4.79 Å². The highest BCUT2D eigenvalue weighted by Gasteiger charge is 2.13. The molecule has 0 atom stereocenters. The minimum Gasteiger partial charge on any atom is -0.454 e. The normalized spacial score (nSPS) is 12.5. The van der Waals surface area contributed by atoms with Gasteiger partial charge in [-0.25, -0.2) is 4.98 Å². The third-order valence-corrected chi connectivity index (χ3v) is 4.64. The van der Waals surface area contributed by atoms with Crippen LogP contribution in [0.5, 0.6) is 11.5 Å². The molecule has 116 valence electrons. The third-order valence-electron chi connectivity index (χ3n) is 3.51. The van der Waals surface area contributed by atoms with E-state index in [0.29, 0.717) is 13.0 Å². The van der Waals surface area contributed by atoms with Gasteiger partial charge in [-0.05, 0) is 38.0 Å². The number of nitrogens with one attached hydrogen (secondary N) is 1. The summed E-state index contributed by atoms with van der Waals surface area (Å²) in [7, 11) is 0. The van der Waals surface area contributed by atoms with Gasteiger partial charge in [-0.1, -0.05) is 6.07 Å². The second kappa shape index (κ2) is 6.36. The summed E-state index contributed by atoms with van der Waals surface area (Å²) in [6.45, 7) is 4.74. The lowest BCUT2D eigenvalue weighted by molar-refractivity contribution is -0.121. The Balaban J connectivity index is 1.49. The first-order chi connectivity index (χ1) is 10.6. The lowest BCUT2D eigenvalue weighted by Crippen LogP contribution is -2.22. The van der Waals surface area contributed by atoms with E-state index in [0.717, 1.165) is 34.2 Å². The average Bonchev–Trinajstić information content (AvgIpc) is 3.08. The van der Waals surface area contributed by atoms with Crippen LogP contribution in [-0.2, 0) is 17.8 Å². The summed E-state index contributed by atoms with van der Waals surface area (Å²) in [5.41, 5.74) is 2.04. The molecule has 1 aromatic carbocycles. The number of rotatable bonds is 5. The summed E-state index contributed by atoms with van der Waals surface area (Å²) in [6, 6.07) is 5.71. The standard InChI is InChI=1S/C16H18N2O3S/c1-10-15(22-11(2)18-10)5-6-16(19)17-8-12-3-4-13-14(7-12)21-9-20-13/h3-4,7H,5-6,8-9H2,1-2H3,(H,17,19). The molecule has 1 aromatic heterocycles. The van der Waals surface area contributed by atoms with Crippen molar-refractivity contribution in [3.05, 3.63) is 39.3 Å². The maximum Gasteiger partial charge on any atom is 0.231 e. The SMILES string of the molecule is Cc1nc(C)c(CCC(=O)NCc2ccc3c(c2)OCO3)s1. The molecule has 2 aromatic rings. The van der Waals surface area contributed by atoms with Gasteiger partial charge in [0.1, 0.15) is 0 Å². The molecular formula is C16H18N2O3S. The monoisotopic (exact) mass is 318 g/mol. The Kier molecular flexibility index (Phi) is 4.29. The quantitative estimate of drug-likeness (QED) is 0.921. The number of benzene rings is 1. The van der Waals surface area contributed by atoms with Crippen molar-refractivity contribution in [2.24, 2.45) is 0 Å². The molecule has 0 aliphatic carbocycles. The molecule has 22 heavy (non-hydrogen) atoms. The molecule has 0 radical (unpaired) electrons. The van der Waals surface area contributed by atoms with Crippen LogP contribution in [0.3, 0.4) is 0 Å². The van der Waals surface area contributed by atoms with Gasteiger partial charge in [-0.15, -0.1) is 11.3 Å². The van der Waals surface area contributed by atoms with Gasteiger partial charge < -0.3 is 14.8 Å². The molecule has 0 unspecified atom stereocenters. The summed E-state index contributed by atoms with van der Waals surface area (Å²) in [5, 5.41) is 3.98. The third kappa shape index (κ3) is 3.39. The van der Waals surface area contributed by atoms with Crippen LogP contribution in [0.1, 0.15) is 27.6 Å². The summed E-state index contributed by atoms with van der Waals surface area (Å²) in [5.74, 6) is 1.54. The minimum atomic E-state index is 0.0446. The molecule has 6 heteroatoms. The van der Waals surface area contributed by atoms with E-state index in [4.69, 9.17) is 9.47 Å². The van der Waals surface area contributed by atoms with Gasteiger partial charge in [-0.3, -0.25) is 4.79 Å². The fourth-order valence-electron chi connectivity index (χ4n) is 2.37. The number of aromatic nitrogens is 1. The first kappa shape index (κ1) is 14.8. The number of carbonyl (C=O) groups is 1. The van der Waals surface area contributed by atoms with Gasteiger partial charge in [0.15, 0.2) is 11.5 Å². The van der Waals surface area contributed by atoms with Crippen LogP contribution in [-0.4, -0.2) is 17.7 Å². The molecule has 1 amide bonds. The van der Waals surface area contributed by atoms with Crippen LogP contribution in [0.4, 0.5) is 0 Å². The summed E-state index contributed by atoms with van der Waals surface area (Å²) in [6.07, 6.45) is 1.22. The molecule has 5 nitrogen and oxygen atoms in total. The van der Waals surface area contributed by atoms with Crippen LogP contribution in [0.2, 0.25) is 0 Å². The van der Waals surface area contributed by atoms with Gasteiger partial charge >= 0.3 is 0 Å². The minimum absolute atomic E-state index is 0.0446. The second-order valence-corrected chi connectivity index (χ2v) is 6.49. The van der Waals surface area contributed by atoms with E-state index in [1.165, 1.54) is 4.88 Å². The van der Waals surface area contributed by atoms with Crippen LogP contribution in [0.25, 0.3) is 0 Å². The molecule has 0 saturated heterocycles. The number of aryl methyl sites for hydroxylation is 3. The molecule has 1 aliphatic rings. The van der Waals surface area contributed by atoms with Crippen molar-refractivity contribution in [2.45, 2.75) is 33.2 Å². The number of ether oxygens (including phenoxy) is 2.